The molecule has 4 rings (SSSR count). The van der Waals surface area contributed by atoms with Crippen LogP contribution in [-0.2, 0) is 14.4 Å². The number of likely N-dealkylation sites (tertiary alicyclic amines) is 1. The van der Waals surface area contributed by atoms with Crippen LogP contribution in [0.1, 0.15) is 48.4 Å². The number of rotatable bonds is 8. The minimum Gasteiger partial charge on any atom is -0.496 e. The van der Waals surface area contributed by atoms with Crippen molar-refractivity contribution in [3.8, 4) is 5.75 Å². The largest absolute Gasteiger partial charge is 0.496 e. The zero-order chi connectivity index (χ0) is 28.6. The molecule has 3 aromatic rings. The Morgan fingerprint density at radius 1 is 1.02 bits per heavy atom. The fourth-order valence-electron chi connectivity index (χ4n) is 4.79. The first kappa shape index (κ1) is 29.0. The second kappa shape index (κ2) is 13.4. The van der Waals surface area contributed by atoms with Gasteiger partial charge in [0, 0.05) is 41.8 Å². The summed E-state index contributed by atoms with van der Waals surface area (Å²) in [6.07, 6.45) is 4.70. The van der Waals surface area contributed by atoms with Gasteiger partial charge in [0.2, 0.25) is 17.7 Å². The number of benzene rings is 3. The molecule has 0 saturated carbocycles. The van der Waals surface area contributed by atoms with Crippen molar-refractivity contribution < 1.29 is 23.5 Å². The van der Waals surface area contributed by atoms with E-state index in [0.29, 0.717) is 30.1 Å². The van der Waals surface area contributed by atoms with E-state index in [0.717, 1.165) is 28.4 Å². The van der Waals surface area contributed by atoms with E-state index in [-0.39, 0.29) is 23.6 Å². The molecular formula is C31H31BrFN3O4. The molecule has 208 valence electrons. The van der Waals surface area contributed by atoms with E-state index in [4.69, 9.17) is 4.74 Å². The average Bonchev–Trinajstić information content (AvgIpc) is 2.95. The minimum absolute atomic E-state index is 0.202. The Hall–Kier alpha value is -3.98. The number of anilines is 1. The van der Waals surface area contributed by atoms with Gasteiger partial charge in [-0.1, -0.05) is 40.2 Å². The zero-order valence-electron chi connectivity index (χ0n) is 22.3. The van der Waals surface area contributed by atoms with Gasteiger partial charge in [-0.05, 0) is 78.4 Å². The lowest BCUT2D eigenvalue weighted by Crippen LogP contribution is -2.45. The molecule has 0 aromatic heterocycles. The molecule has 1 aliphatic rings. The fraction of sp³-hybridized carbons (Fsp3) is 0.258. The molecule has 3 amide bonds. The highest BCUT2D eigenvalue weighted by Crippen LogP contribution is 2.30. The molecule has 9 heteroatoms. The number of ether oxygens (including phenoxy) is 1. The molecule has 1 saturated heterocycles. The van der Waals surface area contributed by atoms with Gasteiger partial charge in [0.1, 0.15) is 17.6 Å². The average molecular weight is 609 g/mol. The summed E-state index contributed by atoms with van der Waals surface area (Å²) in [5.74, 6) is -0.244. The number of carbonyl (C=O) groups is 3. The maximum Gasteiger partial charge on any atom is 0.249 e. The standard InChI is InChI=1S/C31H31BrFN3O4/c1-20(37)34-30(23-3-9-26(33)10-4-23)31(39)36-17-15-22(16-18-36)21-5-11-27(12-6-21)35-29(38)14-7-24-19-25(32)8-13-28(24)40-2/h3-14,19,22,30H,15-18H2,1-2H3,(H,34,37)(H,35,38)/b14-7+/t30-/m0/s1. The van der Waals surface area contributed by atoms with Crippen molar-refractivity contribution in [2.45, 2.75) is 31.7 Å². The Balaban J connectivity index is 1.33. The van der Waals surface area contributed by atoms with Crippen LogP contribution in [0.2, 0.25) is 0 Å². The number of halogens is 2. The van der Waals surface area contributed by atoms with Gasteiger partial charge in [-0.3, -0.25) is 14.4 Å². The second-order valence-electron chi connectivity index (χ2n) is 9.62. The van der Waals surface area contributed by atoms with Gasteiger partial charge in [0.15, 0.2) is 0 Å². The Kier molecular flexibility index (Phi) is 9.71. The molecule has 1 atom stereocenters. The molecule has 1 aliphatic heterocycles. The summed E-state index contributed by atoms with van der Waals surface area (Å²) in [4.78, 5) is 39.2. The second-order valence-corrected chi connectivity index (χ2v) is 10.5. The Morgan fingerprint density at radius 3 is 2.33 bits per heavy atom. The summed E-state index contributed by atoms with van der Waals surface area (Å²) < 4.78 is 19.6. The minimum atomic E-state index is -0.851. The molecule has 1 heterocycles. The topological polar surface area (TPSA) is 87.7 Å². The first-order valence-corrected chi connectivity index (χ1v) is 13.8. The van der Waals surface area contributed by atoms with Crippen molar-refractivity contribution in [1.29, 1.82) is 0 Å². The van der Waals surface area contributed by atoms with Crippen LogP contribution in [0.3, 0.4) is 0 Å². The van der Waals surface area contributed by atoms with Crippen molar-refractivity contribution in [3.05, 3.63) is 99.8 Å². The number of hydrogen-bond acceptors (Lipinski definition) is 4. The zero-order valence-corrected chi connectivity index (χ0v) is 23.9. The maximum absolute atomic E-state index is 13.4. The summed E-state index contributed by atoms with van der Waals surface area (Å²) in [6.45, 7) is 2.45. The highest BCUT2D eigenvalue weighted by molar-refractivity contribution is 9.10. The van der Waals surface area contributed by atoms with Gasteiger partial charge in [-0.15, -0.1) is 0 Å². The predicted molar refractivity (Wildman–Crippen MR) is 156 cm³/mol. The number of hydrogen-bond donors (Lipinski definition) is 2. The number of amides is 3. The van der Waals surface area contributed by atoms with Crippen molar-refractivity contribution >= 4 is 45.4 Å². The molecular weight excluding hydrogens is 577 g/mol. The Bertz CT molecular complexity index is 1380. The molecule has 0 radical (unpaired) electrons. The first-order valence-electron chi connectivity index (χ1n) is 13.0. The van der Waals surface area contributed by atoms with Crippen LogP contribution in [0.15, 0.2) is 77.3 Å². The van der Waals surface area contributed by atoms with Crippen molar-refractivity contribution in [1.82, 2.24) is 10.2 Å². The smallest absolute Gasteiger partial charge is 0.249 e. The number of nitrogens with zero attached hydrogens (tertiary/aromatic N) is 1. The third kappa shape index (κ3) is 7.57. The highest BCUT2D eigenvalue weighted by atomic mass is 79.9. The number of carbonyl (C=O) groups excluding carboxylic acids is 3. The van der Waals surface area contributed by atoms with Crippen LogP contribution in [0.5, 0.6) is 5.75 Å². The van der Waals surface area contributed by atoms with Crippen molar-refractivity contribution in [3.63, 3.8) is 0 Å². The van der Waals surface area contributed by atoms with E-state index in [1.807, 2.05) is 42.5 Å². The third-order valence-electron chi connectivity index (χ3n) is 6.86. The number of piperidine rings is 1. The molecule has 0 aliphatic carbocycles. The molecule has 1 fully saturated rings. The first-order chi connectivity index (χ1) is 19.2. The van der Waals surface area contributed by atoms with Gasteiger partial charge in [-0.25, -0.2) is 4.39 Å². The van der Waals surface area contributed by atoms with E-state index in [2.05, 4.69) is 26.6 Å². The summed E-state index contributed by atoms with van der Waals surface area (Å²) in [6, 6.07) is 18.1. The van der Waals surface area contributed by atoms with E-state index in [1.165, 1.54) is 37.3 Å². The molecule has 0 bridgehead atoms. The van der Waals surface area contributed by atoms with E-state index in [9.17, 15) is 18.8 Å². The molecule has 40 heavy (non-hydrogen) atoms. The molecule has 2 N–H and O–H groups in total. The number of nitrogens with one attached hydrogen (secondary N) is 2. The fourth-order valence-corrected chi connectivity index (χ4v) is 5.16. The normalized spacial score (nSPS) is 14.6. The van der Waals surface area contributed by atoms with Gasteiger partial charge >= 0.3 is 0 Å². The van der Waals surface area contributed by atoms with Crippen molar-refractivity contribution in [2.24, 2.45) is 0 Å². The van der Waals surface area contributed by atoms with Crippen LogP contribution in [0.25, 0.3) is 6.08 Å². The molecule has 3 aromatic carbocycles. The van der Waals surface area contributed by atoms with Gasteiger partial charge in [-0.2, -0.15) is 0 Å². The lowest BCUT2D eigenvalue weighted by molar-refractivity contribution is -0.137. The lowest BCUT2D eigenvalue weighted by atomic mass is 9.89. The van der Waals surface area contributed by atoms with E-state index < -0.39 is 11.9 Å². The predicted octanol–water partition coefficient (Wildman–Crippen LogP) is 5.83. The Morgan fingerprint density at radius 2 is 1.70 bits per heavy atom. The van der Waals surface area contributed by atoms with Crippen LogP contribution < -0.4 is 15.4 Å². The maximum atomic E-state index is 13.4. The third-order valence-corrected chi connectivity index (χ3v) is 7.35. The monoisotopic (exact) mass is 607 g/mol. The van der Waals surface area contributed by atoms with E-state index >= 15 is 0 Å². The summed E-state index contributed by atoms with van der Waals surface area (Å²) >= 11 is 3.43. The number of methoxy groups -OCH3 is 1. The molecule has 0 spiro atoms. The SMILES string of the molecule is COc1ccc(Br)cc1/C=C/C(=O)Nc1ccc(C2CCN(C(=O)[C@@H](NC(C)=O)c3ccc(F)cc3)CC2)cc1. The van der Waals surface area contributed by atoms with Crippen LogP contribution in [-0.4, -0.2) is 42.8 Å². The van der Waals surface area contributed by atoms with Gasteiger partial charge in [0.05, 0.1) is 7.11 Å². The molecule has 7 nitrogen and oxygen atoms in total. The highest BCUT2D eigenvalue weighted by Gasteiger charge is 2.30. The van der Waals surface area contributed by atoms with Crippen LogP contribution >= 0.6 is 15.9 Å². The van der Waals surface area contributed by atoms with Gasteiger partial charge in [0.25, 0.3) is 0 Å². The van der Waals surface area contributed by atoms with Crippen molar-refractivity contribution in [2.75, 3.05) is 25.5 Å². The summed E-state index contributed by atoms with van der Waals surface area (Å²) in [5.41, 5.74) is 3.15. The van der Waals surface area contributed by atoms with Crippen LogP contribution in [0, 0.1) is 5.82 Å². The van der Waals surface area contributed by atoms with Crippen LogP contribution in [0.4, 0.5) is 10.1 Å². The van der Waals surface area contributed by atoms with Gasteiger partial charge < -0.3 is 20.3 Å². The van der Waals surface area contributed by atoms with E-state index in [1.54, 1.807) is 18.1 Å². The lowest BCUT2D eigenvalue weighted by Gasteiger charge is -2.34. The Labute approximate surface area is 241 Å². The summed E-state index contributed by atoms with van der Waals surface area (Å²) in [5, 5.41) is 5.58. The summed E-state index contributed by atoms with van der Waals surface area (Å²) in [7, 11) is 1.58. The molecule has 0 unspecified atom stereocenters. The quantitative estimate of drug-likeness (QED) is 0.315.